The molecule has 0 aliphatic carbocycles. The second-order valence-corrected chi connectivity index (χ2v) is 8.28. The Kier molecular flexibility index (Phi) is 3.44. The van der Waals surface area contributed by atoms with Gasteiger partial charge in [0.15, 0.2) is 0 Å². The first kappa shape index (κ1) is 13.1. The minimum Gasteiger partial charge on any atom is -0.534 e. The van der Waals surface area contributed by atoms with Crippen molar-refractivity contribution in [2.24, 2.45) is 0 Å². The molecule has 0 aliphatic rings. The summed E-state index contributed by atoms with van der Waals surface area (Å²) < 4.78 is 6.01. The molecule has 18 heavy (non-hydrogen) atoms. The molecule has 3 heteroatoms. The standard InChI is InChI=1S/C15H21NOSi/c1-15(2,3)12-10-11-8-6-7-9-13(11)16-14(12)17-18(4)5/h6-10,18H,1-5H3. The first-order chi connectivity index (χ1) is 8.38. The summed E-state index contributed by atoms with van der Waals surface area (Å²) in [5, 5.41) is 1.18. The van der Waals surface area contributed by atoms with Crippen LogP contribution in [0, 0.1) is 0 Å². The molecule has 2 nitrogen and oxygen atoms in total. The summed E-state index contributed by atoms with van der Waals surface area (Å²) in [5.41, 5.74) is 2.26. The van der Waals surface area contributed by atoms with E-state index in [1.165, 1.54) is 10.9 Å². The number of benzene rings is 1. The van der Waals surface area contributed by atoms with Gasteiger partial charge in [-0.15, -0.1) is 0 Å². The van der Waals surface area contributed by atoms with Crippen LogP contribution in [0.15, 0.2) is 30.3 Å². The van der Waals surface area contributed by atoms with E-state index in [2.05, 4.69) is 46.0 Å². The van der Waals surface area contributed by atoms with Crippen molar-refractivity contribution in [1.29, 1.82) is 0 Å². The molecule has 96 valence electrons. The number of para-hydroxylation sites is 1. The molecular weight excluding hydrogens is 238 g/mol. The molecule has 1 aromatic carbocycles. The molecule has 2 rings (SSSR count). The highest BCUT2D eigenvalue weighted by Gasteiger charge is 2.21. The molecule has 0 saturated carbocycles. The van der Waals surface area contributed by atoms with Crippen molar-refractivity contribution in [3.8, 4) is 5.88 Å². The van der Waals surface area contributed by atoms with Crippen molar-refractivity contribution >= 4 is 19.9 Å². The van der Waals surface area contributed by atoms with E-state index in [0.29, 0.717) is 0 Å². The number of aromatic nitrogens is 1. The summed E-state index contributed by atoms with van der Waals surface area (Å²) in [5.74, 6) is 0.822. The lowest BCUT2D eigenvalue weighted by Gasteiger charge is -2.23. The lowest BCUT2D eigenvalue weighted by molar-refractivity contribution is 0.505. The van der Waals surface area contributed by atoms with Crippen molar-refractivity contribution < 1.29 is 4.43 Å². The molecular formula is C15H21NOSi. The fourth-order valence-corrected chi connectivity index (χ4v) is 2.57. The minimum atomic E-state index is -1.14. The SMILES string of the molecule is C[SiH](C)Oc1nc2ccccc2cc1C(C)(C)C. The van der Waals surface area contributed by atoms with E-state index in [1.54, 1.807) is 0 Å². The topological polar surface area (TPSA) is 22.1 Å². The Bertz CT molecular complexity index is 558. The largest absolute Gasteiger partial charge is 0.534 e. The predicted octanol–water partition coefficient (Wildman–Crippen LogP) is 3.89. The Morgan fingerprint density at radius 3 is 2.39 bits per heavy atom. The highest BCUT2D eigenvalue weighted by molar-refractivity contribution is 6.49. The van der Waals surface area contributed by atoms with Gasteiger partial charge < -0.3 is 4.43 Å². The molecule has 0 radical (unpaired) electrons. The van der Waals surface area contributed by atoms with Gasteiger partial charge in [0.25, 0.3) is 0 Å². The Morgan fingerprint density at radius 1 is 1.11 bits per heavy atom. The Morgan fingerprint density at radius 2 is 1.78 bits per heavy atom. The molecule has 1 heterocycles. The van der Waals surface area contributed by atoms with Crippen molar-refractivity contribution in [3.05, 3.63) is 35.9 Å². The monoisotopic (exact) mass is 259 g/mol. The van der Waals surface area contributed by atoms with E-state index >= 15 is 0 Å². The zero-order valence-electron chi connectivity index (χ0n) is 11.8. The van der Waals surface area contributed by atoms with Crippen LogP contribution >= 0.6 is 0 Å². The van der Waals surface area contributed by atoms with Gasteiger partial charge in [-0.05, 0) is 30.6 Å². The molecule has 0 bridgehead atoms. The molecule has 1 aromatic heterocycles. The first-order valence-electron chi connectivity index (χ1n) is 6.45. The second kappa shape index (κ2) is 4.73. The van der Waals surface area contributed by atoms with Crippen LogP contribution in [0.2, 0.25) is 13.1 Å². The van der Waals surface area contributed by atoms with Gasteiger partial charge >= 0.3 is 0 Å². The van der Waals surface area contributed by atoms with E-state index in [-0.39, 0.29) is 5.41 Å². The average Bonchev–Trinajstić information content (AvgIpc) is 2.26. The van der Waals surface area contributed by atoms with E-state index < -0.39 is 9.04 Å². The van der Waals surface area contributed by atoms with Crippen molar-refractivity contribution in [2.75, 3.05) is 0 Å². The van der Waals surface area contributed by atoms with Crippen LogP contribution in [-0.2, 0) is 5.41 Å². The van der Waals surface area contributed by atoms with E-state index in [0.717, 1.165) is 11.4 Å². The molecule has 2 aromatic rings. The molecule has 0 unspecified atom stereocenters. The lowest BCUT2D eigenvalue weighted by atomic mass is 9.87. The third-order valence-electron chi connectivity index (χ3n) is 2.84. The van der Waals surface area contributed by atoms with Gasteiger partial charge in [0, 0.05) is 10.9 Å². The van der Waals surface area contributed by atoms with Crippen molar-refractivity contribution in [1.82, 2.24) is 4.98 Å². The van der Waals surface area contributed by atoms with Crippen molar-refractivity contribution in [3.63, 3.8) is 0 Å². The van der Waals surface area contributed by atoms with Gasteiger partial charge in [-0.25, -0.2) is 4.98 Å². The van der Waals surface area contributed by atoms with Gasteiger partial charge in [-0.2, -0.15) is 0 Å². The minimum absolute atomic E-state index is 0.0512. The maximum atomic E-state index is 6.01. The zero-order chi connectivity index (χ0) is 13.3. The number of hydrogen-bond donors (Lipinski definition) is 0. The highest BCUT2D eigenvalue weighted by atomic mass is 28.3. The molecule has 0 N–H and O–H groups in total. The van der Waals surface area contributed by atoms with Crippen LogP contribution in [0.1, 0.15) is 26.3 Å². The number of fused-ring (bicyclic) bond motifs is 1. The van der Waals surface area contributed by atoms with Crippen LogP contribution < -0.4 is 4.43 Å². The summed E-state index contributed by atoms with van der Waals surface area (Å²) in [7, 11) is -1.14. The summed E-state index contributed by atoms with van der Waals surface area (Å²) in [6, 6.07) is 10.4. The van der Waals surface area contributed by atoms with Crippen LogP contribution in [-0.4, -0.2) is 14.0 Å². The number of nitrogens with zero attached hydrogens (tertiary/aromatic N) is 1. The van der Waals surface area contributed by atoms with Gasteiger partial charge in [-0.3, -0.25) is 0 Å². The Labute approximate surface area is 111 Å². The Hall–Kier alpha value is -1.35. The van der Waals surface area contributed by atoms with Gasteiger partial charge in [0.2, 0.25) is 14.9 Å². The maximum Gasteiger partial charge on any atom is 0.231 e. The summed E-state index contributed by atoms with van der Waals surface area (Å²) in [6.45, 7) is 10.9. The number of rotatable bonds is 2. The molecule has 0 atom stereocenters. The van der Waals surface area contributed by atoms with Crippen LogP contribution in [0.25, 0.3) is 10.9 Å². The molecule has 0 spiro atoms. The quantitative estimate of drug-likeness (QED) is 0.763. The van der Waals surface area contributed by atoms with Crippen LogP contribution in [0.4, 0.5) is 0 Å². The predicted molar refractivity (Wildman–Crippen MR) is 79.9 cm³/mol. The fraction of sp³-hybridized carbons (Fsp3) is 0.400. The van der Waals surface area contributed by atoms with E-state index in [4.69, 9.17) is 9.41 Å². The number of pyridine rings is 1. The third-order valence-corrected chi connectivity index (χ3v) is 3.54. The molecule has 0 fully saturated rings. The smallest absolute Gasteiger partial charge is 0.231 e. The zero-order valence-corrected chi connectivity index (χ0v) is 13.0. The Balaban J connectivity index is 2.64. The summed E-state index contributed by atoms with van der Waals surface area (Å²) in [6.07, 6.45) is 0. The fourth-order valence-electron chi connectivity index (χ4n) is 1.95. The van der Waals surface area contributed by atoms with Crippen LogP contribution in [0.5, 0.6) is 5.88 Å². The number of hydrogen-bond acceptors (Lipinski definition) is 2. The van der Waals surface area contributed by atoms with E-state index in [1.807, 2.05) is 18.2 Å². The highest BCUT2D eigenvalue weighted by Crippen LogP contribution is 2.32. The summed E-state index contributed by atoms with van der Waals surface area (Å²) in [4.78, 5) is 4.69. The van der Waals surface area contributed by atoms with Gasteiger partial charge in [0.1, 0.15) is 0 Å². The third kappa shape index (κ3) is 2.72. The first-order valence-corrected chi connectivity index (χ1v) is 9.23. The molecule has 0 aliphatic heterocycles. The molecule has 0 amide bonds. The lowest BCUT2D eigenvalue weighted by Crippen LogP contribution is -2.19. The maximum absolute atomic E-state index is 6.01. The van der Waals surface area contributed by atoms with Crippen molar-refractivity contribution in [2.45, 2.75) is 39.3 Å². The van der Waals surface area contributed by atoms with Gasteiger partial charge in [0.05, 0.1) is 5.52 Å². The normalized spacial score (nSPS) is 12.1. The average molecular weight is 259 g/mol. The van der Waals surface area contributed by atoms with Crippen LogP contribution in [0.3, 0.4) is 0 Å². The second-order valence-electron chi connectivity index (χ2n) is 5.95. The van der Waals surface area contributed by atoms with E-state index in [9.17, 15) is 0 Å². The summed E-state index contributed by atoms with van der Waals surface area (Å²) >= 11 is 0. The van der Waals surface area contributed by atoms with Gasteiger partial charge in [-0.1, -0.05) is 39.0 Å². The molecule has 0 saturated heterocycles.